The van der Waals surface area contributed by atoms with Gasteiger partial charge in [-0.15, -0.1) is 0 Å². The van der Waals surface area contributed by atoms with Crippen molar-refractivity contribution in [2.75, 3.05) is 12.3 Å². The largest absolute Gasteiger partial charge is 0.309 e. The molecule has 1 aromatic heterocycles. The Morgan fingerprint density at radius 2 is 2.10 bits per heavy atom. The molecule has 0 amide bonds. The number of pyridine rings is 1. The van der Waals surface area contributed by atoms with Gasteiger partial charge in [0.05, 0.1) is 5.52 Å². The average Bonchev–Trinajstić information content (AvgIpc) is 2.54. The smallest absolute Gasteiger partial charge is 0.0702 e. The Hall–Kier alpha value is -1.06. The third kappa shape index (κ3) is 4.72. The Bertz CT molecular complexity index is 556. The second kappa shape index (κ2) is 8.40. The minimum atomic E-state index is 0.425. The highest BCUT2D eigenvalue weighted by Gasteiger charge is 2.13. The van der Waals surface area contributed by atoms with Gasteiger partial charge in [-0.05, 0) is 43.1 Å². The van der Waals surface area contributed by atoms with Crippen LogP contribution in [0.15, 0.2) is 36.5 Å². The highest BCUT2D eigenvalue weighted by atomic mass is 32.2. The second-order valence-electron chi connectivity index (χ2n) is 5.51. The van der Waals surface area contributed by atoms with Crippen molar-refractivity contribution in [2.45, 2.75) is 44.9 Å². The van der Waals surface area contributed by atoms with E-state index in [-0.39, 0.29) is 0 Å². The van der Waals surface area contributed by atoms with Gasteiger partial charge in [0.1, 0.15) is 0 Å². The van der Waals surface area contributed by atoms with Crippen LogP contribution in [0.1, 0.15) is 45.2 Å². The molecule has 3 heteroatoms. The van der Waals surface area contributed by atoms with E-state index in [0.717, 1.165) is 23.1 Å². The maximum absolute atomic E-state index is 4.41. The summed E-state index contributed by atoms with van der Waals surface area (Å²) in [7, 11) is 0. The molecule has 114 valence electrons. The number of benzene rings is 1. The van der Waals surface area contributed by atoms with Crippen LogP contribution in [0, 0.1) is 0 Å². The van der Waals surface area contributed by atoms with E-state index in [2.05, 4.69) is 67.1 Å². The lowest BCUT2D eigenvalue weighted by atomic mass is 10.1. The molecular weight excluding hydrogens is 276 g/mol. The lowest BCUT2D eigenvalue weighted by Crippen LogP contribution is -2.24. The number of hydrogen-bond acceptors (Lipinski definition) is 3. The third-order valence-electron chi connectivity index (χ3n) is 3.79. The van der Waals surface area contributed by atoms with Gasteiger partial charge in [-0.1, -0.05) is 32.9 Å². The van der Waals surface area contributed by atoms with Crippen molar-refractivity contribution in [1.82, 2.24) is 10.3 Å². The molecule has 0 aliphatic heterocycles. The number of hydrogen-bond donors (Lipinski definition) is 1. The summed E-state index contributed by atoms with van der Waals surface area (Å²) in [6.45, 7) is 7.85. The summed E-state index contributed by atoms with van der Waals surface area (Å²) >= 11 is 2.06. The van der Waals surface area contributed by atoms with Crippen LogP contribution in [0.25, 0.3) is 10.9 Å². The van der Waals surface area contributed by atoms with Gasteiger partial charge in [-0.2, -0.15) is 11.8 Å². The Kier molecular flexibility index (Phi) is 6.52. The van der Waals surface area contributed by atoms with E-state index in [9.17, 15) is 0 Å². The van der Waals surface area contributed by atoms with Crippen molar-refractivity contribution in [3.05, 3.63) is 42.1 Å². The summed E-state index contributed by atoms with van der Waals surface area (Å²) in [6, 6.07) is 11.2. The van der Waals surface area contributed by atoms with E-state index < -0.39 is 0 Å². The van der Waals surface area contributed by atoms with Crippen molar-refractivity contribution in [2.24, 2.45) is 0 Å². The molecule has 0 spiro atoms. The molecule has 0 bridgehead atoms. The number of nitrogens with zero attached hydrogens (tertiary/aromatic N) is 1. The summed E-state index contributed by atoms with van der Waals surface area (Å²) in [5.41, 5.74) is 2.45. The molecule has 0 aliphatic rings. The second-order valence-corrected chi connectivity index (χ2v) is 6.99. The van der Waals surface area contributed by atoms with Gasteiger partial charge in [0.2, 0.25) is 0 Å². The molecule has 0 radical (unpaired) electrons. The lowest BCUT2D eigenvalue weighted by Gasteiger charge is -2.21. The zero-order valence-electron chi connectivity index (χ0n) is 13.3. The van der Waals surface area contributed by atoms with E-state index in [1.54, 1.807) is 0 Å². The molecule has 21 heavy (non-hydrogen) atoms. The van der Waals surface area contributed by atoms with Crippen molar-refractivity contribution in [1.29, 1.82) is 0 Å². The van der Waals surface area contributed by atoms with E-state index in [1.165, 1.54) is 23.8 Å². The van der Waals surface area contributed by atoms with Crippen molar-refractivity contribution in [3.63, 3.8) is 0 Å². The number of nitrogens with one attached hydrogen (secondary N) is 1. The van der Waals surface area contributed by atoms with Crippen LogP contribution >= 0.6 is 11.8 Å². The SMILES string of the molecule is CCCNC(CSC(C)CC)c1ccc2ncccc2c1. The fourth-order valence-electron chi connectivity index (χ4n) is 2.28. The monoisotopic (exact) mass is 302 g/mol. The number of fused-ring (bicyclic) bond motifs is 1. The molecule has 0 saturated heterocycles. The van der Waals surface area contributed by atoms with Crippen LogP contribution < -0.4 is 5.32 Å². The molecule has 2 nitrogen and oxygen atoms in total. The molecule has 0 saturated carbocycles. The highest BCUT2D eigenvalue weighted by molar-refractivity contribution is 7.99. The molecule has 0 aliphatic carbocycles. The zero-order valence-corrected chi connectivity index (χ0v) is 14.1. The van der Waals surface area contributed by atoms with E-state index >= 15 is 0 Å². The highest BCUT2D eigenvalue weighted by Crippen LogP contribution is 2.25. The number of rotatable bonds is 8. The van der Waals surface area contributed by atoms with E-state index in [1.807, 2.05) is 12.3 Å². The molecule has 2 unspecified atom stereocenters. The quantitative estimate of drug-likeness (QED) is 0.757. The molecule has 2 atom stereocenters. The van der Waals surface area contributed by atoms with Gasteiger partial charge in [-0.25, -0.2) is 0 Å². The molecule has 2 rings (SSSR count). The fraction of sp³-hybridized carbons (Fsp3) is 0.500. The molecule has 2 aromatic rings. The van der Waals surface area contributed by atoms with Gasteiger partial charge in [0, 0.05) is 28.6 Å². The van der Waals surface area contributed by atoms with Crippen molar-refractivity contribution >= 4 is 22.7 Å². The van der Waals surface area contributed by atoms with Crippen molar-refractivity contribution in [3.8, 4) is 0 Å². The third-order valence-corrected chi connectivity index (χ3v) is 5.22. The fourth-order valence-corrected chi connectivity index (χ4v) is 3.35. The maximum atomic E-state index is 4.41. The summed E-state index contributed by atoms with van der Waals surface area (Å²) in [5.74, 6) is 1.13. The van der Waals surface area contributed by atoms with Gasteiger partial charge in [0.15, 0.2) is 0 Å². The van der Waals surface area contributed by atoms with Crippen LogP contribution in [0.5, 0.6) is 0 Å². The minimum absolute atomic E-state index is 0.425. The molecule has 1 heterocycles. The predicted octanol–water partition coefficient (Wildman–Crippen LogP) is 4.81. The first-order valence-electron chi connectivity index (χ1n) is 7.94. The molecule has 1 aromatic carbocycles. The topological polar surface area (TPSA) is 24.9 Å². The predicted molar refractivity (Wildman–Crippen MR) is 95.0 cm³/mol. The van der Waals surface area contributed by atoms with Crippen molar-refractivity contribution < 1.29 is 0 Å². The van der Waals surface area contributed by atoms with Gasteiger partial charge >= 0.3 is 0 Å². The molecule has 1 N–H and O–H groups in total. The summed E-state index contributed by atoms with van der Waals surface area (Å²) in [6.07, 6.45) is 4.25. The lowest BCUT2D eigenvalue weighted by molar-refractivity contribution is 0.577. The Balaban J connectivity index is 2.16. The van der Waals surface area contributed by atoms with Gasteiger partial charge in [-0.3, -0.25) is 4.98 Å². The standard InChI is InChI=1S/C18H26N2S/c1-4-10-19-18(13-21-14(3)5-2)16-8-9-17-15(12-16)7-6-11-20-17/h6-9,11-12,14,18-19H,4-5,10,13H2,1-3H3. The van der Waals surface area contributed by atoms with Crippen LogP contribution in [0.3, 0.4) is 0 Å². The molecule has 0 fully saturated rings. The summed E-state index contributed by atoms with van der Waals surface area (Å²) < 4.78 is 0. The maximum Gasteiger partial charge on any atom is 0.0702 e. The normalized spacial score (nSPS) is 14.2. The van der Waals surface area contributed by atoms with Crippen LogP contribution in [-0.2, 0) is 0 Å². The Morgan fingerprint density at radius 1 is 1.24 bits per heavy atom. The van der Waals surface area contributed by atoms with E-state index in [4.69, 9.17) is 0 Å². The summed E-state index contributed by atoms with van der Waals surface area (Å²) in [5, 5.41) is 5.64. The van der Waals surface area contributed by atoms with Crippen LogP contribution in [0.2, 0.25) is 0 Å². The van der Waals surface area contributed by atoms with E-state index in [0.29, 0.717) is 6.04 Å². The average molecular weight is 302 g/mol. The van der Waals surface area contributed by atoms with Crippen LogP contribution in [-0.4, -0.2) is 22.5 Å². The number of thioether (sulfide) groups is 1. The first-order chi connectivity index (χ1) is 10.2. The first-order valence-corrected chi connectivity index (χ1v) is 8.99. The Morgan fingerprint density at radius 3 is 2.86 bits per heavy atom. The summed E-state index contributed by atoms with van der Waals surface area (Å²) in [4.78, 5) is 4.41. The first kappa shape index (κ1) is 16.3. The number of aromatic nitrogens is 1. The van der Waals surface area contributed by atoms with Gasteiger partial charge in [0.25, 0.3) is 0 Å². The molecular formula is C18H26N2S. The zero-order chi connectivity index (χ0) is 15.1. The van der Waals surface area contributed by atoms with Crippen LogP contribution in [0.4, 0.5) is 0 Å². The van der Waals surface area contributed by atoms with Gasteiger partial charge < -0.3 is 5.32 Å². The minimum Gasteiger partial charge on any atom is -0.309 e. The Labute approximate surface area is 132 Å².